The van der Waals surface area contributed by atoms with Crippen LogP contribution in [-0.4, -0.2) is 29.1 Å². The third-order valence-electron chi connectivity index (χ3n) is 4.29. The molecule has 23 heavy (non-hydrogen) atoms. The zero-order valence-corrected chi connectivity index (χ0v) is 14.3. The molecule has 1 saturated carbocycles. The van der Waals surface area contributed by atoms with E-state index in [1.54, 1.807) is 0 Å². The molecular weight excluding hydrogens is 292 g/mol. The van der Waals surface area contributed by atoms with Crippen molar-refractivity contribution >= 4 is 11.8 Å². The number of aliphatic hydroxyl groups is 1. The number of aliphatic hydroxyl groups excluding tert-OH is 1. The quantitative estimate of drug-likeness (QED) is 0.744. The Morgan fingerprint density at radius 3 is 2.26 bits per heavy atom. The summed E-state index contributed by atoms with van der Waals surface area (Å²) in [5.41, 5.74) is 4.51. The van der Waals surface area contributed by atoms with Crippen molar-refractivity contribution < 1.29 is 14.7 Å². The molecule has 2 atom stereocenters. The van der Waals surface area contributed by atoms with Gasteiger partial charge in [0.1, 0.15) is 6.04 Å². The van der Waals surface area contributed by atoms with Crippen LogP contribution < -0.4 is 10.6 Å². The third-order valence-corrected chi connectivity index (χ3v) is 4.29. The van der Waals surface area contributed by atoms with Crippen LogP contribution in [0.25, 0.3) is 0 Å². The van der Waals surface area contributed by atoms with Gasteiger partial charge in [-0.1, -0.05) is 17.7 Å². The van der Waals surface area contributed by atoms with E-state index in [1.807, 2.05) is 20.8 Å². The van der Waals surface area contributed by atoms with Crippen molar-refractivity contribution in [2.24, 2.45) is 5.92 Å². The molecule has 0 bridgehead atoms. The molecule has 2 amide bonds. The molecule has 0 unspecified atom stereocenters. The van der Waals surface area contributed by atoms with Crippen molar-refractivity contribution in [3.8, 4) is 0 Å². The summed E-state index contributed by atoms with van der Waals surface area (Å²) in [6.07, 6.45) is 0.793. The van der Waals surface area contributed by atoms with Crippen molar-refractivity contribution in [2.45, 2.75) is 59.2 Å². The molecule has 0 saturated heterocycles. The van der Waals surface area contributed by atoms with E-state index >= 15 is 0 Å². The van der Waals surface area contributed by atoms with Crippen LogP contribution in [0, 0.1) is 26.7 Å². The van der Waals surface area contributed by atoms with Crippen molar-refractivity contribution in [2.75, 3.05) is 0 Å². The molecule has 1 aliphatic carbocycles. The fourth-order valence-electron chi connectivity index (χ4n) is 2.80. The number of benzene rings is 1. The highest BCUT2D eigenvalue weighted by atomic mass is 16.3. The van der Waals surface area contributed by atoms with Crippen molar-refractivity contribution in [1.82, 2.24) is 10.6 Å². The molecule has 2 rings (SSSR count). The van der Waals surface area contributed by atoms with Crippen LogP contribution in [0.15, 0.2) is 12.1 Å². The fourth-order valence-corrected chi connectivity index (χ4v) is 2.80. The lowest BCUT2D eigenvalue weighted by atomic mass is 9.99. The summed E-state index contributed by atoms with van der Waals surface area (Å²) >= 11 is 0. The van der Waals surface area contributed by atoms with Gasteiger partial charge >= 0.3 is 0 Å². The minimum absolute atomic E-state index is 0.00522. The maximum Gasteiger partial charge on any atom is 0.245 e. The normalized spacial score (nSPS) is 16.6. The standard InChI is InChI=1S/C18H26N2O3/c1-10-7-11(2)15(12(3)8-10)9-19-18(23)16(13(4)21)20-17(22)14-5-6-14/h7-8,13-14,16,21H,5-6,9H2,1-4H3,(H,19,23)(H,20,22)/t13-,16+/m0/s1. The third kappa shape index (κ3) is 4.55. The Morgan fingerprint density at radius 1 is 1.22 bits per heavy atom. The predicted molar refractivity (Wildman–Crippen MR) is 88.8 cm³/mol. The highest BCUT2D eigenvalue weighted by Crippen LogP contribution is 2.29. The smallest absolute Gasteiger partial charge is 0.245 e. The Kier molecular flexibility index (Phi) is 5.42. The van der Waals surface area contributed by atoms with Crippen LogP contribution in [-0.2, 0) is 16.1 Å². The largest absolute Gasteiger partial charge is 0.391 e. The second-order valence-electron chi connectivity index (χ2n) is 6.60. The molecule has 1 aromatic carbocycles. The van der Waals surface area contributed by atoms with Crippen LogP contribution in [0.5, 0.6) is 0 Å². The second kappa shape index (κ2) is 7.13. The van der Waals surface area contributed by atoms with Crippen molar-refractivity contribution in [3.63, 3.8) is 0 Å². The van der Waals surface area contributed by atoms with E-state index in [2.05, 4.69) is 22.8 Å². The van der Waals surface area contributed by atoms with E-state index in [9.17, 15) is 14.7 Å². The maximum atomic E-state index is 12.3. The van der Waals surface area contributed by atoms with Gasteiger partial charge in [0.05, 0.1) is 6.10 Å². The lowest BCUT2D eigenvalue weighted by Crippen LogP contribution is -2.52. The van der Waals surface area contributed by atoms with E-state index in [0.717, 1.165) is 29.5 Å². The van der Waals surface area contributed by atoms with E-state index in [1.165, 1.54) is 12.5 Å². The summed E-state index contributed by atoms with van der Waals surface area (Å²) in [6.45, 7) is 7.98. The number of hydrogen-bond donors (Lipinski definition) is 3. The fraction of sp³-hybridized carbons (Fsp3) is 0.556. The molecule has 0 heterocycles. The van der Waals surface area contributed by atoms with Gasteiger partial charge in [-0.2, -0.15) is 0 Å². The van der Waals surface area contributed by atoms with Gasteiger partial charge in [-0.05, 0) is 57.2 Å². The molecule has 5 heteroatoms. The van der Waals surface area contributed by atoms with Gasteiger partial charge < -0.3 is 15.7 Å². The summed E-state index contributed by atoms with van der Waals surface area (Å²) < 4.78 is 0. The topological polar surface area (TPSA) is 78.4 Å². The Labute approximate surface area is 137 Å². The molecule has 1 aromatic rings. The molecule has 0 aromatic heterocycles. The SMILES string of the molecule is Cc1cc(C)c(CNC(=O)[C@H](NC(=O)C2CC2)[C@H](C)O)c(C)c1. The number of hydrogen-bond acceptors (Lipinski definition) is 3. The average molecular weight is 318 g/mol. The van der Waals surface area contributed by atoms with Crippen LogP contribution >= 0.6 is 0 Å². The Bertz CT molecular complexity index is 583. The molecule has 1 fully saturated rings. The first kappa shape index (κ1) is 17.5. The number of amides is 2. The van der Waals surface area contributed by atoms with E-state index in [-0.39, 0.29) is 17.7 Å². The summed E-state index contributed by atoms with van der Waals surface area (Å²) in [5, 5.41) is 15.3. The number of carbonyl (C=O) groups is 2. The van der Waals surface area contributed by atoms with Crippen LogP contribution in [0.4, 0.5) is 0 Å². The minimum Gasteiger partial charge on any atom is -0.391 e. The molecule has 0 spiro atoms. The van der Waals surface area contributed by atoms with Gasteiger partial charge in [0.25, 0.3) is 0 Å². The van der Waals surface area contributed by atoms with Gasteiger partial charge in [0.2, 0.25) is 11.8 Å². The number of aryl methyl sites for hydroxylation is 3. The zero-order chi connectivity index (χ0) is 17.1. The summed E-state index contributed by atoms with van der Waals surface area (Å²) in [7, 11) is 0. The number of nitrogens with one attached hydrogen (secondary N) is 2. The molecule has 3 N–H and O–H groups in total. The maximum absolute atomic E-state index is 12.3. The van der Waals surface area contributed by atoms with E-state index < -0.39 is 12.1 Å². The highest BCUT2D eigenvalue weighted by Gasteiger charge is 2.34. The number of carbonyl (C=O) groups excluding carboxylic acids is 2. The monoisotopic (exact) mass is 318 g/mol. The second-order valence-corrected chi connectivity index (χ2v) is 6.60. The molecule has 5 nitrogen and oxygen atoms in total. The molecular formula is C18H26N2O3. The molecule has 126 valence electrons. The van der Waals surface area contributed by atoms with Gasteiger partial charge in [0.15, 0.2) is 0 Å². The number of rotatable bonds is 6. The van der Waals surface area contributed by atoms with Gasteiger partial charge in [-0.15, -0.1) is 0 Å². The van der Waals surface area contributed by atoms with Gasteiger partial charge in [-0.3, -0.25) is 9.59 Å². The highest BCUT2D eigenvalue weighted by molar-refractivity contribution is 5.89. The molecule has 0 aliphatic heterocycles. The Hall–Kier alpha value is -1.88. The van der Waals surface area contributed by atoms with Crippen molar-refractivity contribution in [1.29, 1.82) is 0 Å². The zero-order valence-electron chi connectivity index (χ0n) is 14.3. The first-order valence-electron chi connectivity index (χ1n) is 8.12. The van der Waals surface area contributed by atoms with Crippen LogP contribution in [0.1, 0.15) is 42.0 Å². The van der Waals surface area contributed by atoms with Gasteiger partial charge in [0, 0.05) is 12.5 Å². The Morgan fingerprint density at radius 2 is 1.78 bits per heavy atom. The molecule has 0 radical (unpaired) electrons. The molecule has 1 aliphatic rings. The minimum atomic E-state index is -0.932. The van der Waals surface area contributed by atoms with E-state index in [0.29, 0.717) is 6.54 Å². The van der Waals surface area contributed by atoms with Gasteiger partial charge in [-0.25, -0.2) is 0 Å². The summed E-state index contributed by atoms with van der Waals surface area (Å²) in [4.78, 5) is 24.2. The van der Waals surface area contributed by atoms with E-state index in [4.69, 9.17) is 0 Å². The first-order chi connectivity index (χ1) is 10.8. The van der Waals surface area contributed by atoms with Crippen LogP contribution in [0.2, 0.25) is 0 Å². The summed E-state index contributed by atoms with van der Waals surface area (Å²) in [5.74, 6) is -0.493. The predicted octanol–water partition coefficient (Wildman–Crippen LogP) is 1.50. The lowest BCUT2D eigenvalue weighted by molar-refractivity contribution is -0.132. The van der Waals surface area contributed by atoms with Crippen LogP contribution in [0.3, 0.4) is 0 Å². The average Bonchev–Trinajstić information content (AvgIpc) is 3.27. The Balaban J connectivity index is 2.00. The lowest BCUT2D eigenvalue weighted by Gasteiger charge is -2.21. The summed E-state index contributed by atoms with van der Waals surface area (Å²) in [6, 6.07) is 3.25. The first-order valence-corrected chi connectivity index (χ1v) is 8.12. The van der Waals surface area contributed by atoms with Crippen molar-refractivity contribution in [3.05, 3.63) is 34.4 Å².